The SMILES string of the molecule is COC(=O)c1ccc(N2CCN(C(C)c3ccccc3-c3ccc(Cl)cc3)CC2)cc1Oc1ccc2[nH]ccc2c1. The average Bonchev–Trinajstić information content (AvgIpc) is 3.49. The number of aromatic nitrogens is 1. The van der Waals surface area contributed by atoms with Crippen LogP contribution in [0.25, 0.3) is 22.0 Å². The Labute approximate surface area is 245 Å². The molecule has 6 nitrogen and oxygen atoms in total. The van der Waals surface area contributed by atoms with Gasteiger partial charge in [-0.05, 0) is 72.1 Å². The van der Waals surface area contributed by atoms with E-state index in [1.807, 2.05) is 54.7 Å². The summed E-state index contributed by atoms with van der Waals surface area (Å²) in [5, 5.41) is 1.78. The number of piperazine rings is 1. The lowest BCUT2D eigenvalue weighted by atomic mass is 9.94. The van der Waals surface area contributed by atoms with Gasteiger partial charge in [-0.2, -0.15) is 0 Å². The van der Waals surface area contributed by atoms with Gasteiger partial charge in [0.15, 0.2) is 0 Å². The van der Waals surface area contributed by atoms with Crippen LogP contribution in [0.15, 0.2) is 97.2 Å². The Balaban J connectivity index is 1.19. The van der Waals surface area contributed by atoms with Crippen molar-refractivity contribution in [1.29, 1.82) is 0 Å². The fourth-order valence-corrected chi connectivity index (χ4v) is 5.74. The number of halogens is 1. The number of hydrogen-bond acceptors (Lipinski definition) is 5. The molecule has 0 radical (unpaired) electrons. The first-order valence-electron chi connectivity index (χ1n) is 13.8. The van der Waals surface area contributed by atoms with Crippen LogP contribution in [0.2, 0.25) is 5.02 Å². The number of anilines is 1. The van der Waals surface area contributed by atoms with Gasteiger partial charge in [-0.1, -0.05) is 48.0 Å². The highest BCUT2D eigenvalue weighted by atomic mass is 35.5. The Hall–Kier alpha value is -4.26. The quantitative estimate of drug-likeness (QED) is 0.203. The molecule has 208 valence electrons. The van der Waals surface area contributed by atoms with Crippen LogP contribution in [-0.4, -0.2) is 49.1 Å². The summed E-state index contributed by atoms with van der Waals surface area (Å²) < 4.78 is 11.3. The van der Waals surface area contributed by atoms with Gasteiger partial charge in [0, 0.05) is 66.1 Å². The fourth-order valence-electron chi connectivity index (χ4n) is 5.61. The molecule has 0 amide bonds. The summed E-state index contributed by atoms with van der Waals surface area (Å²) in [7, 11) is 1.39. The number of nitrogens with zero attached hydrogens (tertiary/aromatic N) is 2. The number of aromatic amines is 1. The standard InChI is InChI=1S/C34H32ClN3O3/c1-23(29-5-3-4-6-30(29)24-7-9-26(35)10-8-24)37-17-19-38(20-18-37)27-11-13-31(34(39)40-2)33(22-27)41-28-12-14-32-25(21-28)15-16-36-32/h3-16,21-23,36H,17-20H2,1-2H3. The number of carbonyl (C=O) groups excluding carboxylic acids is 1. The van der Waals surface area contributed by atoms with Gasteiger partial charge < -0.3 is 19.4 Å². The maximum atomic E-state index is 12.5. The minimum atomic E-state index is -0.424. The van der Waals surface area contributed by atoms with Crippen LogP contribution in [-0.2, 0) is 4.74 Å². The van der Waals surface area contributed by atoms with E-state index >= 15 is 0 Å². The van der Waals surface area contributed by atoms with E-state index in [1.165, 1.54) is 23.8 Å². The number of benzene rings is 4. The van der Waals surface area contributed by atoms with Gasteiger partial charge in [0.2, 0.25) is 0 Å². The first-order valence-corrected chi connectivity index (χ1v) is 14.2. The van der Waals surface area contributed by atoms with Crippen LogP contribution >= 0.6 is 11.6 Å². The molecule has 7 heteroatoms. The van der Waals surface area contributed by atoms with Crippen molar-refractivity contribution < 1.29 is 14.3 Å². The Morgan fingerprint density at radius 2 is 1.68 bits per heavy atom. The number of esters is 1. The molecule has 1 unspecified atom stereocenters. The third kappa shape index (κ3) is 5.67. The van der Waals surface area contributed by atoms with E-state index < -0.39 is 5.97 Å². The molecule has 0 aliphatic carbocycles. The van der Waals surface area contributed by atoms with Crippen molar-refractivity contribution in [3.63, 3.8) is 0 Å². The second-order valence-electron chi connectivity index (χ2n) is 10.3. The van der Waals surface area contributed by atoms with Crippen LogP contribution in [0.1, 0.15) is 28.9 Å². The smallest absolute Gasteiger partial charge is 0.341 e. The summed E-state index contributed by atoms with van der Waals surface area (Å²) in [6, 6.07) is 30.5. The molecule has 0 saturated carbocycles. The zero-order chi connectivity index (χ0) is 28.3. The molecule has 1 aliphatic heterocycles. The number of rotatable bonds is 7. The van der Waals surface area contributed by atoms with Crippen LogP contribution in [0.3, 0.4) is 0 Å². The van der Waals surface area contributed by atoms with E-state index in [0.29, 0.717) is 17.1 Å². The van der Waals surface area contributed by atoms with E-state index in [2.05, 4.69) is 58.1 Å². The molecule has 1 aliphatic rings. The molecule has 4 aromatic carbocycles. The van der Waals surface area contributed by atoms with Gasteiger partial charge in [0.05, 0.1) is 7.11 Å². The average molecular weight is 566 g/mol. The Bertz CT molecular complexity index is 1670. The van der Waals surface area contributed by atoms with Gasteiger partial charge in [-0.15, -0.1) is 0 Å². The first kappa shape index (κ1) is 26.9. The van der Waals surface area contributed by atoms with Crippen molar-refractivity contribution in [3.8, 4) is 22.6 Å². The number of methoxy groups -OCH3 is 1. The summed E-state index contributed by atoms with van der Waals surface area (Å²) in [6.07, 6.45) is 1.89. The van der Waals surface area contributed by atoms with Crippen LogP contribution in [0.5, 0.6) is 11.5 Å². The van der Waals surface area contributed by atoms with Crippen molar-refractivity contribution in [3.05, 3.63) is 113 Å². The monoisotopic (exact) mass is 565 g/mol. The molecular formula is C34H32ClN3O3. The van der Waals surface area contributed by atoms with Gasteiger partial charge in [-0.3, -0.25) is 4.90 Å². The number of ether oxygens (including phenoxy) is 2. The molecule has 2 heterocycles. The summed E-state index contributed by atoms with van der Waals surface area (Å²) in [5.41, 5.74) is 6.16. The second-order valence-corrected chi connectivity index (χ2v) is 10.7. The van der Waals surface area contributed by atoms with Gasteiger partial charge in [-0.25, -0.2) is 4.79 Å². The second kappa shape index (κ2) is 11.7. The maximum absolute atomic E-state index is 12.5. The third-order valence-electron chi connectivity index (χ3n) is 7.92. The highest BCUT2D eigenvalue weighted by Gasteiger charge is 2.25. The molecule has 1 N–H and O–H groups in total. The van der Waals surface area contributed by atoms with Crippen molar-refractivity contribution >= 4 is 34.2 Å². The molecule has 1 atom stereocenters. The predicted octanol–water partition coefficient (Wildman–Crippen LogP) is 7.95. The highest BCUT2D eigenvalue weighted by molar-refractivity contribution is 6.30. The number of fused-ring (bicyclic) bond motifs is 1. The molecule has 0 spiro atoms. The Kier molecular flexibility index (Phi) is 7.68. The normalized spacial score (nSPS) is 14.7. The fraction of sp³-hybridized carbons (Fsp3) is 0.206. The number of carbonyl (C=O) groups is 1. The summed E-state index contributed by atoms with van der Waals surface area (Å²) >= 11 is 6.14. The zero-order valence-electron chi connectivity index (χ0n) is 23.1. The predicted molar refractivity (Wildman–Crippen MR) is 165 cm³/mol. The Morgan fingerprint density at radius 1 is 0.902 bits per heavy atom. The highest BCUT2D eigenvalue weighted by Crippen LogP contribution is 2.35. The summed E-state index contributed by atoms with van der Waals surface area (Å²) in [5.74, 6) is 0.724. The van der Waals surface area contributed by atoms with Gasteiger partial charge >= 0.3 is 5.97 Å². The lowest BCUT2D eigenvalue weighted by Crippen LogP contribution is -2.47. The molecule has 5 aromatic rings. The number of H-pyrrole nitrogens is 1. The van der Waals surface area contributed by atoms with Gasteiger partial charge in [0.1, 0.15) is 17.1 Å². The topological polar surface area (TPSA) is 57.8 Å². The van der Waals surface area contributed by atoms with E-state index in [0.717, 1.165) is 47.8 Å². The van der Waals surface area contributed by atoms with E-state index in [1.54, 1.807) is 6.07 Å². The molecule has 1 aromatic heterocycles. The summed E-state index contributed by atoms with van der Waals surface area (Å²) in [6.45, 7) is 5.83. The van der Waals surface area contributed by atoms with E-state index in [9.17, 15) is 4.79 Å². The van der Waals surface area contributed by atoms with Crippen molar-refractivity contribution in [2.75, 3.05) is 38.2 Å². The Morgan fingerprint density at radius 3 is 2.46 bits per heavy atom. The first-order chi connectivity index (χ1) is 20.0. The zero-order valence-corrected chi connectivity index (χ0v) is 23.9. The molecule has 1 saturated heterocycles. The number of hydrogen-bond donors (Lipinski definition) is 1. The largest absolute Gasteiger partial charge is 0.465 e. The minimum absolute atomic E-state index is 0.257. The van der Waals surface area contributed by atoms with E-state index in [4.69, 9.17) is 21.1 Å². The van der Waals surface area contributed by atoms with Crippen LogP contribution in [0.4, 0.5) is 5.69 Å². The lowest BCUT2D eigenvalue weighted by molar-refractivity contribution is 0.0598. The molecular weight excluding hydrogens is 534 g/mol. The lowest BCUT2D eigenvalue weighted by Gasteiger charge is -2.40. The maximum Gasteiger partial charge on any atom is 0.341 e. The summed E-state index contributed by atoms with van der Waals surface area (Å²) in [4.78, 5) is 20.6. The van der Waals surface area contributed by atoms with Gasteiger partial charge in [0.25, 0.3) is 0 Å². The number of nitrogens with one attached hydrogen (secondary N) is 1. The van der Waals surface area contributed by atoms with Crippen LogP contribution < -0.4 is 9.64 Å². The molecule has 6 rings (SSSR count). The molecule has 1 fully saturated rings. The van der Waals surface area contributed by atoms with E-state index in [-0.39, 0.29) is 6.04 Å². The van der Waals surface area contributed by atoms with Crippen molar-refractivity contribution in [2.45, 2.75) is 13.0 Å². The molecule has 41 heavy (non-hydrogen) atoms. The van der Waals surface area contributed by atoms with Crippen molar-refractivity contribution in [2.24, 2.45) is 0 Å². The minimum Gasteiger partial charge on any atom is -0.465 e. The van der Waals surface area contributed by atoms with Crippen molar-refractivity contribution in [1.82, 2.24) is 9.88 Å². The third-order valence-corrected chi connectivity index (χ3v) is 8.17. The molecule has 0 bridgehead atoms. The van der Waals surface area contributed by atoms with Crippen LogP contribution in [0, 0.1) is 0 Å².